The molecule has 206 valence electrons. The molecule has 0 aromatic heterocycles. The summed E-state index contributed by atoms with van der Waals surface area (Å²) in [7, 11) is 0. The van der Waals surface area contributed by atoms with Gasteiger partial charge in [-0.25, -0.2) is 0 Å². The lowest BCUT2D eigenvalue weighted by molar-refractivity contribution is -0.304. The van der Waals surface area contributed by atoms with Crippen LogP contribution in [0, 0.1) is 11.8 Å². The molecule has 0 atom stereocenters. The first-order valence-electron chi connectivity index (χ1n) is 14.7. The molecular formula is C33H51NO3. The fourth-order valence-electron chi connectivity index (χ4n) is 7.32. The van der Waals surface area contributed by atoms with Crippen molar-refractivity contribution in [2.24, 2.45) is 11.8 Å². The molecule has 1 aromatic rings. The van der Waals surface area contributed by atoms with Crippen LogP contribution in [-0.2, 0) is 14.3 Å². The Morgan fingerprint density at radius 1 is 0.919 bits per heavy atom. The molecular weight excluding hydrogens is 458 g/mol. The predicted molar refractivity (Wildman–Crippen MR) is 152 cm³/mol. The molecule has 1 aliphatic carbocycles. The molecule has 0 spiro atoms. The fourth-order valence-corrected chi connectivity index (χ4v) is 7.32. The highest BCUT2D eigenvalue weighted by Gasteiger charge is 2.49. The SMILES string of the molecule is C=CCON1C(C)(C)CC(C2OCC(c3ccc(C4CCC(CC/C=C/C)CC4)cc3)CO2)CC1(C)C. The molecule has 2 heterocycles. The molecule has 1 aromatic carbocycles. The second-order valence-corrected chi connectivity index (χ2v) is 12.9. The van der Waals surface area contributed by atoms with E-state index in [2.05, 4.69) is 82.7 Å². The van der Waals surface area contributed by atoms with Gasteiger partial charge in [-0.3, -0.25) is 4.84 Å². The summed E-state index contributed by atoms with van der Waals surface area (Å²) in [5.74, 6) is 2.30. The highest BCUT2D eigenvalue weighted by Crippen LogP contribution is 2.44. The van der Waals surface area contributed by atoms with Gasteiger partial charge in [0.05, 0.1) is 19.8 Å². The topological polar surface area (TPSA) is 30.9 Å². The molecule has 4 rings (SSSR count). The third-order valence-electron chi connectivity index (χ3n) is 8.96. The van der Waals surface area contributed by atoms with Crippen LogP contribution < -0.4 is 0 Å². The minimum atomic E-state index is -0.140. The highest BCUT2D eigenvalue weighted by molar-refractivity contribution is 5.28. The Hall–Kier alpha value is -1.46. The lowest BCUT2D eigenvalue weighted by Gasteiger charge is -2.55. The number of piperidine rings is 1. The molecule has 4 nitrogen and oxygen atoms in total. The van der Waals surface area contributed by atoms with Crippen LogP contribution in [0.3, 0.4) is 0 Å². The average Bonchev–Trinajstić information content (AvgIpc) is 2.88. The molecule has 2 saturated heterocycles. The van der Waals surface area contributed by atoms with Gasteiger partial charge in [-0.15, -0.1) is 6.58 Å². The Bertz CT molecular complexity index is 855. The van der Waals surface area contributed by atoms with E-state index in [-0.39, 0.29) is 17.4 Å². The maximum absolute atomic E-state index is 6.38. The number of nitrogens with zero attached hydrogens (tertiary/aromatic N) is 1. The van der Waals surface area contributed by atoms with Crippen LogP contribution in [0.2, 0.25) is 0 Å². The van der Waals surface area contributed by atoms with Crippen molar-refractivity contribution in [1.29, 1.82) is 0 Å². The van der Waals surface area contributed by atoms with Gasteiger partial charge in [0.1, 0.15) is 0 Å². The summed E-state index contributed by atoms with van der Waals surface area (Å²) in [6.45, 7) is 17.0. The van der Waals surface area contributed by atoms with Gasteiger partial charge in [0, 0.05) is 22.9 Å². The molecule has 0 unspecified atom stereocenters. The minimum Gasteiger partial charge on any atom is -0.352 e. The number of benzene rings is 1. The molecule has 37 heavy (non-hydrogen) atoms. The zero-order valence-electron chi connectivity index (χ0n) is 24.1. The number of hydrogen-bond donors (Lipinski definition) is 0. The number of allylic oxidation sites excluding steroid dienone is 2. The first kappa shape index (κ1) is 28.5. The van der Waals surface area contributed by atoms with Crippen molar-refractivity contribution in [3.8, 4) is 0 Å². The van der Waals surface area contributed by atoms with Crippen LogP contribution in [-0.4, -0.2) is 42.3 Å². The second kappa shape index (κ2) is 12.6. The lowest BCUT2D eigenvalue weighted by atomic mass is 9.75. The Balaban J connectivity index is 1.27. The van der Waals surface area contributed by atoms with Crippen LogP contribution >= 0.6 is 0 Å². The molecule has 0 amide bonds. The van der Waals surface area contributed by atoms with Crippen molar-refractivity contribution in [2.75, 3.05) is 19.8 Å². The number of hydroxylamine groups is 2. The molecule has 1 saturated carbocycles. The van der Waals surface area contributed by atoms with E-state index in [0.717, 1.165) is 37.9 Å². The van der Waals surface area contributed by atoms with Gasteiger partial charge in [-0.2, -0.15) is 5.06 Å². The van der Waals surface area contributed by atoms with Crippen molar-refractivity contribution >= 4 is 0 Å². The van der Waals surface area contributed by atoms with E-state index in [1.54, 1.807) is 0 Å². The molecule has 3 aliphatic rings. The summed E-state index contributed by atoms with van der Waals surface area (Å²) >= 11 is 0. The molecule has 4 heteroatoms. The summed E-state index contributed by atoms with van der Waals surface area (Å²) in [6, 6.07) is 9.39. The summed E-state index contributed by atoms with van der Waals surface area (Å²) in [4.78, 5) is 6.08. The number of rotatable bonds is 9. The van der Waals surface area contributed by atoms with Crippen LogP contribution in [0.25, 0.3) is 0 Å². The first-order valence-corrected chi connectivity index (χ1v) is 14.7. The minimum absolute atomic E-state index is 0.0967. The third-order valence-corrected chi connectivity index (χ3v) is 8.96. The standard InChI is InChI=1S/C33H51NO3/c1-7-9-10-11-25-12-14-26(15-13-25)27-16-18-28(19-17-27)30-23-35-31(36-24-30)29-21-32(3,4)34(37-20-8-2)33(5,6)22-29/h7-9,16-19,25-26,29-31H,2,10-15,20-24H2,1,3-6H3/b9-7+. The van der Waals surface area contributed by atoms with Gasteiger partial charge in [0.2, 0.25) is 0 Å². The zero-order chi connectivity index (χ0) is 26.5. The molecule has 0 bridgehead atoms. The van der Waals surface area contributed by atoms with Crippen molar-refractivity contribution < 1.29 is 14.3 Å². The van der Waals surface area contributed by atoms with E-state index in [1.807, 2.05) is 6.08 Å². The highest BCUT2D eigenvalue weighted by atomic mass is 16.7. The summed E-state index contributed by atoms with van der Waals surface area (Å²) in [5.41, 5.74) is 2.66. The number of ether oxygens (including phenoxy) is 2. The molecule has 0 radical (unpaired) electrons. The predicted octanol–water partition coefficient (Wildman–Crippen LogP) is 8.16. The Morgan fingerprint density at radius 2 is 1.49 bits per heavy atom. The van der Waals surface area contributed by atoms with Crippen molar-refractivity contribution in [3.63, 3.8) is 0 Å². The van der Waals surface area contributed by atoms with Crippen LogP contribution in [0.4, 0.5) is 0 Å². The Kier molecular flexibility index (Phi) is 9.72. The van der Waals surface area contributed by atoms with Crippen molar-refractivity contribution in [3.05, 3.63) is 60.2 Å². The van der Waals surface area contributed by atoms with Gasteiger partial charge in [0.25, 0.3) is 0 Å². The largest absolute Gasteiger partial charge is 0.352 e. The van der Waals surface area contributed by atoms with Crippen molar-refractivity contribution in [2.45, 2.75) is 115 Å². The maximum Gasteiger partial charge on any atom is 0.160 e. The Labute approximate surface area is 226 Å². The lowest BCUT2D eigenvalue weighted by Crippen LogP contribution is -2.62. The monoisotopic (exact) mass is 509 g/mol. The van der Waals surface area contributed by atoms with Crippen LogP contribution in [0.5, 0.6) is 0 Å². The fraction of sp³-hybridized carbons (Fsp3) is 0.697. The first-order chi connectivity index (χ1) is 17.7. The van der Waals surface area contributed by atoms with E-state index < -0.39 is 0 Å². The van der Waals surface area contributed by atoms with E-state index in [1.165, 1.54) is 49.7 Å². The van der Waals surface area contributed by atoms with Gasteiger partial charge < -0.3 is 9.47 Å². The normalized spacial score (nSPS) is 30.9. The van der Waals surface area contributed by atoms with E-state index >= 15 is 0 Å². The second-order valence-electron chi connectivity index (χ2n) is 12.9. The quantitative estimate of drug-likeness (QED) is 0.314. The summed E-state index contributed by atoms with van der Waals surface area (Å²) in [6.07, 6.45) is 16.2. The van der Waals surface area contributed by atoms with Gasteiger partial charge in [-0.05, 0) is 109 Å². The summed E-state index contributed by atoms with van der Waals surface area (Å²) in [5, 5.41) is 2.17. The molecule has 3 fully saturated rings. The van der Waals surface area contributed by atoms with Crippen molar-refractivity contribution in [1.82, 2.24) is 5.06 Å². The summed E-state index contributed by atoms with van der Waals surface area (Å²) < 4.78 is 12.8. The average molecular weight is 510 g/mol. The van der Waals surface area contributed by atoms with Gasteiger partial charge in [0.15, 0.2) is 6.29 Å². The van der Waals surface area contributed by atoms with E-state index in [0.29, 0.717) is 18.4 Å². The Morgan fingerprint density at radius 3 is 2.03 bits per heavy atom. The van der Waals surface area contributed by atoms with Crippen LogP contribution in [0.15, 0.2) is 49.1 Å². The van der Waals surface area contributed by atoms with E-state index in [9.17, 15) is 0 Å². The van der Waals surface area contributed by atoms with Gasteiger partial charge >= 0.3 is 0 Å². The van der Waals surface area contributed by atoms with Crippen LogP contribution in [0.1, 0.15) is 109 Å². The van der Waals surface area contributed by atoms with E-state index in [4.69, 9.17) is 14.3 Å². The molecule has 2 aliphatic heterocycles. The smallest absolute Gasteiger partial charge is 0.160 e. The van der Waals surface area contributed by atoms with Gasteiger partial charge in [-0.1, -0.05) is 42.5 Å². The number of hydrogen-bond acceptors (Lipinski definition) is 4. The zero-order valence-corrected chi connectivity index (χ0v) is 24.1. The third kappa shape index (κ3) is 7.15. The molecule has 0 N–H and O–H groups in total. The maximum atomic E-state index is 6.38.